The molecule has 0 fully saturated rings. The minimum absolute atomic E-state index is 0.290. The minimum Gasteiger partial charge on any atom is -0.490 e. The van der Waals surface area contributed by atoms with Gasteiger partial charge in [0.2, 0.25) is 0 Å². The number of benzene rings is 3. The standard InChI is InChI=1S/C31H33BrN2O2/c1-4-15-36-31-27(32)17-21(18-29(31)35-5-2)19-33-23-12-10-22(11-13-23)30-25-8-6-7-24(25)26-16-20(3)9-14-28(26)34-30/h6-7,9-14,16-19,24-25,30,34H,4-5,8,15H2,1-3H3/t24-,25+,30+/m1/s1. The van der Waals surface area contributed by atoms with Gasteiger partial charge in [-0.1, -0.05) is 48.9 Å². The van der Waals surface area contributed by atoms with Gasteiger partial charge >= 0.3 is 0 Å². The lowest BCUT2D eigenvalue weighted by molar-refractivity contribution is 0.275. The predicted molar refractivity (Wildman–Crippen MR) is 152 cm³/mol. The van der Waals surface area contributed by atoms with E-state index in [1.54, 1.807) is 0 Å². The van der Waals surface area contributed by atoms with E-state index >= 15 is 0 Å². The summed E-state index contributed by atoms with van der Waals surface area (Å²) in [6.45, 7) is 7.47. The van der Waals surface area contributed by atoms with Crippen molar-refractivity contribution in [2.45, 2.75) is 45.6 Å². The van der Waals surface area contributed by atoms with Crippen molar-refractivity contribution in [3.63, 3.8) is 0 Å². The molecule has 1 aliphatic heterocycles. The Bertz CT molecular complexity index is 1280. The Hall–Kier alpha value is -3.05. The molecule has 3 aromatic rings. The number of allylic oxidation sites excluding steroid dienone is 2. The minimum atomic E-state index is 0.290. The summed E-state index contributed by atoms with van der Waals surface area (Å²) in [4.78, 5) is 4.73. The molecule has 2 aliphatic rings. The van der Waals surface area contributed by atoms with E-state index in [0.717, 1.165) is 40.1 Å². The van der Waals surface area contributed by atoms with Crippen LogP contribution in [-0.2, 0) is 0 Å². The fraction of sp³-hybridized carbons (Fsp3) is 0.323. The molecule has 5 heteroatoms. The van der Waals surface area contributed by atoms with E-state index in [9.17, 15) is 0 Å². The molecular formula is C31H33BrN2O2. The van der Waals surface area contributed by atoms with E-state index in [2.05, 4.69) is 89.7 Å². The molecule has 3 aromatic carbocycles. The van der Waals surface area contributed by atoms with Crippen molar-refractivity contribution in [3.8, 4) is 11.5 Å². The van der Waals surface area contributed by atoms with E-state index in [-0.39, 0.29) is 0 Å². The van der Waals surface area contributed by atoms with Crippen LogP contribution >= 0.6 is 15.9 Å². The molecular weight excluding hydrogens is 512 g/mol. The highest BCUT2D eigenvalue weighted by Gasteiger charge is 2.37. The van der Waals surface area contributed by atoms with Crippen LogP contribution < -0.4 is 14.8 Å². The van der Waals surface area contributed by atoms with Crippen LogP contribution in [0.1, 0.15) is 60.9 Å². The number of fused-ring (bicyclic) bond motifs is 3. The number of ether oxygens (including phenoxy) is 2. The molecule has 36 heavy (non-hydrogen) atoms. The van der Waals surface area contributed by atoms with Crippen LogP contribution in [0.15, 0.2) is 76.2 Å². The second kappa shape index (κ2) is 10.9. The van der Waals surface area contributed by atoms with E-state index in [1.165, 1.54) is 22.4 Å². The van der Waals surface area contributed by atoms with Crippen LogP contribution in [0.25, 0.3) is 0 Å². The Morgan fingerprint density at radius 3 is 2.67 bits per heavy atom. The van der Waals surface area contributed by atoms with Gasteiger partial charge in [-0.05, 0) is 95.6 Å². The molecule has 0 unspecified atom stereocenters. The first kappa shape index (κ1) is 24.6. The molecule has 1 heterocycles. The summed E-state index contributed by atoms with van der Waals surface area (Å²) >= 11 is 3.64. The number of rotatable bonds is 8. The van der Waals surface area contributed by atoms with Crippen LogP contribution in [0.3, 0.4) is 0 Å². The average molecular weight is 546 g/mol. The number of halogens is 1. The number of aliphatic imine (C=N–C) groups is 1. The Morgan fingerprint density at radius 1 is 1.06 bits per heavy atom. The number of nitrogens with zero attached hydrogens (tertiary/aromatic N) is 1. The largest absolute Gasteiger partial charge is 0.490 e. The van der Waals surface area contributed by atoms with Crippen molar-refractivity contribution in [1.29, 1.82) is 0 Å². The lowest BCUT2D eigenvalue weighted by Gasteiger charge is -2.37. The molecule has 0 saturated carbocycles. The monoisotopic (exact) mass is 544 g/mol. The summed E-state index contributed by atoms with van der Waals surface area (Å²) < 4.78 is 12.6. The molecule has 0 aromatic heterocycles. The first-order valence-corrected chi connectivity index (χ1v) is 13.6. The van der Waals surface area contributed by atoms with E-state index < -0.39 is 0 Å². The maximum atomic E-state index is 5.89. The molecule has 1 aliphatic carbocycles. The zero-order valence-electron chi connectivity index (χ0n) is 21.1. The third kappa shape index (κ3) is 5.08. The second-order valence-corrected chi connectivity index (χ2v) is 10.4. The zero-order chi connectivity index (χ0) is 25.1. The van der Waals surface area contributed by atoms with Crippen LogP contribution in [0.2, 0.25) is 0 Å². The fourth-order valence-electron chi connectivity index (χ4n) is 5.23. The Kier molecular flexibility index (Phi) is 7.47. The van der Waals surface area contributed by atoms with Gasteiger partial charge in [0.05, 0.1) is 29.4 Å². The molecule has 0 amide bonds. The molecule has 0 radical (unpaired) electrons. The summed E-state index contributed by atoms with van der Waals surface area (Å²) in [7, 11) is 0. The normalized spacial score (nSPS) is 20.2. The van der Waals surface area contributed by atoms with Gasteiger partial charge in [0.1, 0.15) is 0 Å². The van der Waals surface area contributed by atoms with Gasteiger partial charge in [-0.25, -0.2) is 0 Å². The third-order valence-corrected chi connectivity index (χ3v) is 7.50. The fourth-order valence-corrected chi connectivity index (χ4v) is 5.80. The second-order valence-electron chi connectivity index (χ2n) is 9.53. The van der Waals surface area contributed by atoms with Crippen molar-refractivity contribution < 1.29 is 9.47 Å². The number of hydrogen-bond acceptors (Lipinski definition) is 4. The molecule has 3 atom stereocenters. The highest BCUT2D eigenvalue weighted by atomic mass is 79.9. The topological polar surface area (TPSA) is 42.8 Å². The molecule has 4 nitrogen and oxygen atoms in total. The summed E-state index contributed by atoms with van der Waals surface area (Å²) in [5.74, 6) is 2.50. The van der Waals surface area contributed by atoms with E-state index in [1.807, 2.05) is 25.3 Å². The van der Waals surface area contributed by atoms with Crippen LogP contribution in [0.4, 0.5) is 11.4 Å². The van der Waals surface area contributed by atoms with E-state index in [4.69, 9.17) is 14.5 Å². The lowest BCUT2D eigenvalue weighted by atomic mass is 9.76. The maximum absolute atomic E-state index is 5.89. The van der Waals surface area contributed by atoms with E-state index in [0.29, 0.717) is 31.1 Å². The maximum Gasteiger partial charge on any atom is 0.175 e. The van der Waals surface area contributed by atoms with Crippen LogP contribution in [0.5, 0.6) is 11.5 Å². The van der Waals surface area contributed by atoms with Gasteiger partial charge in [-0.2, -0.15) is 0 Å². The Balaban J connectivity index is 1.34. The van der Waals surface area contributed by atoms with Crippen LogP contribution in [0, 0.1) is 12.8 Å². The first-order chi connectivity index (χ1) is 17.6. The van der Waals surface area contributed by atoms with Gasteiger partial charge in [-0.15, -0.1) is 0 Å². The van der Waals surface area contributed by atoms with Gasteiger partial charge in [-0.3, -0.25) is 4.99 Å². The first-order valence-electron chi connectivity index (χ1n) is 12.8. The van der Waals surface area contributed by atoms with Crippen molar-refractivity contribution in [3.05, 3.63) is 93.5 Å². The molecule has 186 valence electrons. The summed E-state index contributed by atoms with van der Waals surface area (Å²) in [5, 5.41) is 3.82. The van der Waals surface area contributed by atoms with Crippen molar-refractivity contribution in [2.24, 2.45) is 10.9 Å². The molecule has 0 saturated heterocycles. The van der Waals surface area contributed by atoms with Gasteiger partial charge in [0.15, 0.2) is 11.5 Å². The van der Waals surface area contributed by atoms with Crippen molar-refractivity contribution >= 4 is 33.5 Å². The lowest BCUT2D eigenvalue weighted by Crippen LogP contribution is -2.29. The highest BCUT2D eigenvalue weighted by Crippen LogP contribution is 2.50. The van der Waals surface area contributed by atoms with Crippen molar-refractivity contribution in [2.75, 3.05) is 18.5 Å². The highest BCUT2D eigenvalue weighted by molar-refractivity contribution is 9.10. The Labute approximate surface area is 222 Å². The predicted octanol–water partition coefficient (Wildman–Crippen LogP) is 8.52. The van der Waals surface area contributed by atoms with Gasteiger partial charge in [0, 0.05) is 17.8 Å². The number of nitrogens with one attached hydrogen (secondary N) is 1. The molecule has 5 rings (SSSR count). The van der Waals surface area contributed by atoms with Crippen LogP contribution in [-0.4, -0.2) is 19.4 Å². The summed E-state index contributed by atoms with van der Waals surface area (Å²) in [6, 6.07) is 19.7. The SMILES string of the molecule is CCCOc1c(Br)cc(C=Nc2ccc([C@@H]3Nc4ccc(C)cc4[C@@H]4C=CC[C@@H]43)cc2)cc1OCC. The number of hydrogen-bond donors (Lipinski definition) is 1. The smallest absolute Gasteiger partial charge is 0.175 e. The average Bonchev–Trinajstić information content (AvgIpc) is 3.38. The number of anilines is 1. The Morgan fingerprint density at radius 2 is 1.89 bits per heavy atom. The third-order valence-electron chi connectivity index (χ3n) is 6.92. The molecule has 0 spiro atoms. The van der Waals surface area contributed by atoms with Gasteiger partial charge < -0.3 is 14.8 Å². The number of aryl methyl sites for hydroxylation is 1. The quantitative estimate of drug-likeness (QED) is 0.228. The molecule has 1 N–H and O–H groups in total. The molecule has 0 bridgehead atoms. The summed E-state index contributed by atoms with van der Waals surface area (Å²) in [5.41, 5.74) is 7.18. The van der Waals surface area contributed by atoms with Crippen molar-refractivity contribution in [1.82, 2.24) is 0 Å². The zero-order valence-corrected chi connectivity index (χ0v) is 22.7. The summed E-state index contributed by atoms with van der Waals surface area (Å²) in [6.07, 6.45) is 8.65. The van der Waals surface area contributed by atoms with Gasteiger partial charge in [0.25, 0.3) is 0 Å².